The zero-order valence-corrected chi connectivity index (χ0v) is 14.0. The Bertz CT molecular complexity index is 419. The molecule has 0 spiro atoms. The van der Waals surface area contributed by atoms with E-state index >= 15 is 0 Å². The third-order valence-corrected chi connectivity index (χ3v) is 4.72. The molecule has 1 aliphatic rings. The summed E-state index contributed by atoms with van der Waals surface area (Å²) in [5.41, 5.74) is 7.52. The van der Waals surface area contributed by atoms with Crippen LogP contribution in [-0.4, -0.2) is 37.7 Å². The molecule has 0 aromatic heterocycles. The molecule has 0 aliphatic carbocycles. The first-order chi connectivity index (χ1) is 9.59. The fraction of sp³-hybridized carbons (Fsp3) is 0.625. The van der Waals surface area contributed by atoms with E-state index in [9.17, 15) is 0 Å². The summed E-state index contributed by atoms with van der Waals surface area (Å²) < 4.78 is 6.72. The van der Waals surface area contributed by atoms with Gasteiger partial charge in [0.25, 0.3) is 0 Å². The molecule has 0 radical (unpaired) electrons. The minimum Gasteiger partial charge on any atom is -0.381 e. The van der Waals surface area contributed by atoms with Gasteiger partial charge in [-0.1, -0.05) is 34.1 Å². The van der Waals surface area contributed by atoms with Crippen molar-refractivity contribution in [3.05, 3.63) is 34.3 Å². The van der Waals surface area contributed by atoms with Gasteiger partial charge in [-0.05, 0) is 44.4 Å². The predicted octanol–water partition coefficient (Wildman–Crippen LogP) is 3.20. The van der Waals surface area contributed by atoms with E-state index in [-0.39, 0.29) is 12.1 Å². The highest BCUT2D eigenvalue weighted by atomic mass is 79.9. The van der Waals surface area contributed by atoms with Gasteiger partial charge in [-0.3, -0.25) is 4.90 Å². The lowest BCUT2D eigenvalue weighted by atomic mass is 9.96. The zero-order valence-electron chi connectivity index (χ0n) is 12.4. The molecule has 1 aliphatic heterocycles. The molecule has 1 fully saturated rings. The van der Waals surface area contributed by atoms with E-state index in [0.29, 0.717) is 5.92 Å². The van der Waals surface area contributed by atoms with Gasteiger partial charge >= 0.3 is 0 Å². The zero-order chi connectivity index (χ0) is 14.5. The number of ether oxygens (including phenoxy) is 1. The third-order valence-electron chi connectivity index (χ3n) is 4.00. The summed E-state index contributed by atoms with van der Waals surface area (Å²) in [6.45, 7) is 4.92. The van der Waals surface area contributed by atoms with E-state index in [1.165, 1.54) is 18.4 Å². The molecule has 20 heavy (non-hydrogen) atoms. The van der Waals surface area contributed by atoms with Crippen LogP contribution in [0.2, 0.25) is 0 Å². The van der Waals surface area contributed by atoms with E-state index in [1.54, 1.807) is 0 Å². The average Bonchev–Trinajstić information content (AvgIpc) is 2.42. The van der Waals surface area contributed by atoms with Crippen molar-refractivity contribution < 1.29 is 4.74 Å². The average molecular weight is 341 g/mol. The van der Waals surface area contributed by atoms with Gasteiger partial charge in [0.05, 0.1) is 12.6 Å². The molecule has 0 bridgehead atoms. The molecule has 1 aromatic rings. The van der Waals surface area contributed by atoms with Crippen LogP contribution in [0.3, 0.4) is 0 Å². The number of likely N-dealkylation sites (N-methyl/N-ethyl adjacent to an activating group) is 1. The Morgan fingerprint density at radius 1 is 1.45 bits per heavy atom. The van der Waals surface area contributed by atoms with Crippen molar-refractivity contribution >= 4 is 15.9 Å². The van der Waals surface area contributed by atoms with Gasteiger partial charge in [-0.15, -0.1) is 0 Å². The monoisotopic (exact) mass is 340 g/mol. The first-order valence-corrected chi connectivity index (χ1v) is 8.17. The van der Waals surface area contributed by atoms with Crippen LogP contribution in [0.15, 0.2) is 28.7 Å². The van der Waals surface area contributed by atoms with Crippen LogP contribution >= 0.6 is 15.9 Å². The van der Waals surface area contributed by atoms with Gasteiger partial charge in [-0.25, -0.2) is 0 Å². The third kappa shape index (κ3) is 4.04. The molecule has 2 rings (SSSR count). The van der Waals surface area contributed by atoms with Crippen molar-refractivity contribution in [2.75, 3.05) is 26.8 Å². The summed E-state index contributed by atoms with van der Waals surface area (Å²) >= 11 is 3.65. The lowest BCUT2D eigenvalue weighted by Gasteiger charge is -2.35. The summed E-state index contributed by atoms with van der Waals surface area (Å²) in [5, 5.41) is 0. The van der Waals surface area contributed by atoms with Crippen molar-refractivity contribution in [3.8, 4) is 0 Å². The SMILES string of the molecule is CC(N)C(c1ccccc1Br)N(C)CC1CCCOC1. The topological polar surface area (TPSA) is 38.5 Å². The van der Waals surface area contributed by atoms with Crippen LogP contribution in [0.1, 0.15) is 31.4 Å². The second kappa shape index (κ2) is 7.55. The normalized spacial score (nSPS) is 22.8. The minimum absolute atomic E-state index is 0.0863. The molecular weight excluding hydrogens is 316 g/mol. The summed E-state index contributed by atoms with van der Waals surface area (Å²) in [4.78, 5) is 2.38. The van der Waals surface area contributed by atoms with Crippen molar-refractivity contribution in [1.29, 1.82) is 0 Å². The molecule has 3 atom stereocenters. The van der Waals surface area contributed by atoms with Crippen molar-refractivity contribution in [2.24, 2.45) is 11.7 Å². The predicted molar refractivity (Wildman–Crippen MR) is 86.7 cm³/mol. The number of nitrogens with zero attached hydrogens (tertiary/aromatic N) is 1. The van der Waals surface area contributed by atoms with E-state index in [1.807, 2.05) is 6.07 Å². The molecule has 1 heterocycles. The summed E-state index contributed by atoms with van der Waals surface area (Å²) in [6.07, 6.45) is 2.43. The maximum absolute atomic E-state index is 6.25. The number of hydrogen-bond donors (Lipinski definition) is 1. The molecule has 3 nitrogen and oxygen atoms in total. The summed E-state index contributed by atoms with van der Waals surface area (Å²) in [6, 6.07) is 8.68. The molecular formula is C16H25BrN2O. The van der Waals surface area contributed by atoms with Crippen molar-refractivity contribution in [2.45, 2.75) is 31.8 Å². The summed E-state index contributed by atoms with van der Waals surface area (Å²) in [5.74, 6) is 0.623. The fourth-order valence-corrected chi connectivity index (χ4v) is 3.63. The van der Waals surface area contributed by atoms with Gasteiger partial charge in [-0.2, -0.15) is 0 Å². The Kier molecular flexibility index (Phi) is 6.02. The highest BCUT2D eigenvalue weighted by Gasteiger charge is 2.26. The highest BCUT2D eigenvalue weighted by molar-refractivity contribution is 9.10. The Balaban J connectivity index is 2.09. The molecule has 3 unspecified atom stereocenters. The smallest absolute Gasteiger partial charge is 0.0506 e. The maximum atomic E-state index is 6.25. The lowest BCUT2D eigenvalue weighted by Crippen LogP contribution is -2.41. The molecule has 4 heteroatoms. The van der Waals surface area contributed by atoms with Crippen molar-refractivity contribution in [1.82, 2.24) is 4.90 Å². The van der Waals surface area contributed by atoms with Crippen LogP contribution in [0.4, 0.5) is 0 Å². The minimum atomic E-state index is 0.0863. The second-order valence-corrected chi connectivity index (χ2v) is 6.70. The number of rotatable bonds is 5. The van der Waals surface area contributed by atoms with Gasteiger partial charge < -0.3 is 10.5 Å². The number of nitrogens with two attached hydrogens (primary N) is 1. The second-order valence-electron chi connectivity index (χ2n) is 5.85. The van der Waals surface area contributed by atoms with Crippen LogP contribution in [0.25, 0.3) is 0 Å². The highest BCUT2D eigenvalue weighted by Crippen LogP contribution is 2.30. The Labute approximate surface area is 130 Å². The lowest BCUT2D eigenvalue weighted by molar-refractivity contribution is 0.0343. The number of hydrogen-bond acceptors (Lipinski definition) is 3. The van der Waals surface area contributed by atoms with Crippen LogP contribution in [-0.2, 0) is 4.74 Å². The Hall–Kier alpha value is -0.420. The first-order valence-electron chi connectivity index (χ1n) is 7.37. The van der Waals surface area contributed by atoms with Crippen LogP contribution < -0.4 is 5.73 Å². The van der Waals surface area contributed by atoms with Gasteiger partial charge in [0.1, 0.15) is 0 Å². The van der Waals surface area contributed by atoms with Crippen molar-refractivity contribution in [3.63, 3.8) is 0 Å². The Morgan fingerprint density at radius 2 is 2.20 bits per heavy atom. The largest absolute Gasteiger partial charge is 0.381 e. The van der Waals surface area contributed by atoms with E-state index < -0.39 is 0 Å². The number of halogens is 1. The van der Waals surface area contributed by atoms with Gasteiger partial charge in [0.15, 0.2) is 0 Å². The Morgan fingerprint density at radius 3 is 2.80 bits per heavy atom. The van der Waals surface area contributed by atoms with E-state index in [4.69, 9.17) is 10.5 Å². The van der Waals surface area contributed by atoms with Gasteiger partial charge in [0.2, 0.25) is 0 Å². The number of benzene rings is 1. The standard InChI is InChI=1S/C16H25BrN2O/c1-12(18)16(14-7-3-4-8-15(14)17)19(2)10-13-6-5-9-20-11-13/h3-4,7-8,12-13,16H,5-6,9-11,18H2,1-2H3. The fourth-order valence-electron chi connectivity index (χ4n) is 3.11. The molecule has 0 saturated carbocycles. The maximum Gasteiger partial charge on any atom is 0.0506 e. The molecule has 2 N–H and O–H groups in total. The summed E-state index contributed by atoms with van der Waals surface area (Å²) in [7, 11) is 2.17. The van der Waals surface area contributed by atoms with E-state index in [2.05, 4.69) is 53.0 Å². The van der Waals surface area contributed by atoms with Crippen LogP contribution in [0, 0.1) is 5.92 Å². The van der Waals surface area contributed by atoms with Gasteiger partial charge in [0, 0.05) is 23.7 Å². The quantitative estimate of drug-likeness (QED) is 0.894. The first kappa shape index (κ1) is 16.0. The molecule has 1 saturated heterocycles. The molecule has 1 aromatic carbocycles. The molecule has 0 amide bonds. The van der Waals surface area contributed by atoms with E-state index in [0.717, 1.165) is 24.2 Å². The molecule has 112 valence electrons. The van der Waals surface area contributed by atoms with Crippen LogP contribution in [0.5, 0.6) is 0 Å².